The van der Waals surface area contributed by atoms with Gasteiger partial charge < -0.3 is 15.2 Å². The standard InChI is InChI=1S/C18H22N4O3S/c1-26-17-12(10-19)9-14(16(24)21-17)15(23)20-13-5-4-11(8-13)18(25)22-6-2-3-7-22/h9,11,13H,2-8H2,1H3,(H,20,23)(H,21,24)/t11-,13+/m1/s1. The van der Waals surface area contributed by atoms with Crippen LogP contribution in [0, 0.1) is 17.2 Å². The highest BCUT2D eigenvalue weighted by molar-refractivity contribution is 7.98. The molecule has 0 spiro atoms. The predicted octanol–water partition coefficient (Wildman–Crippen LogP) is 1.49. The molecule has 2 N–H and O–H groups in total. The van der Waals surface area contributed by atoms with Gasteiger partial charge in [0.25, 0.3) is 11.5 Å². The Labute approximate surface area is 156 Å². The molecule has 138 valence electrons. The first-order chi connectivity index (χ1) is 12.5. The van der Waals surface area contributed by atoms with Crippen LogP contribution >= 0.6 is 11.8 Å². The molecule has 8 heteroatoms. The van der Waals surface area contributed by atoms with Crippen molar-refractivity contribution in [2.24, 2.45) is 5.92 Å². The number of hydrogen-bond donors (Lipinski definition) is 2. The number of hydrogen-bond acceptors (Lipinski definition) is 5. The van der Waals surface area contributed by atoms with E-state index in [4.69, 9.17) is 0 Å². The molecule has 2 heterocycles. The Balaban J connectivity index is 1.65. The van der Waals surface area contributed by atoms with Crippen molar-refractivity contribution in [2.45, 2.75) is 43.2 Å². The zero-order chi connectivity index (χ0) is 18.7. The van der Waals surface area contributed by atoms with Gasteiger partial charge in [0.1, 0.15) is 11.6 Å². The van der Waals surface area contributed by atoms with E-state index in [9.17, 15) is 19.6 Å². The van der Waals surface area contributed by atoms with Crippen molar-refractivity contribution in [3.05, 3.63) is 27.5 Å². The van der Waals surface area contributed by atoms with Gasteiger partial charge in [-0.3, -0.25) is 14.4 Å². The van der Waals surface area contributed by atoms with Crippen LogP contribution in [0.2, 0.25) is 0 Å². The average molecular weight is 374 g/mol. The summed E-state index contributed by atoms with van der Waals surface area (Å²) in [5, 5.41) is 12.5. The number of nitrogens with one attached hydrogen (secondary N) is 2. The molecular formula is C18H22N4O3S. The predicted molar refractivity (Wildman–Crippen MR) is 98.0 cm³/mol. The quantitative estimate of drug-likeness (QED) is 0.777. The lowest BCUT2D eigenvalue weighted by molar-refractivity contribution is -0.134. The zero-order valence-corrected chi connectivity index (χ0v) is 15.5. The molecule has 0 radical (unpaired) electrons. The molecule has 2 atom stereocenters. The Bertz CT molecular complexity index is 808. The summed E-state index contributed by atoms with van der Waals surface area (Å²) in [6.45, 7) is 1.67. The monoisotopic (exact) mass is 374 g/mol. The third-order valence-electron chi connectivity index (χ3n) is 5.11. The van der Waals surface area contributed by atoms with Crippen molar-refractivity contribution in [2.75, 3.05) is 19.3 Å². The van der Waals surface area contributed by atoms with Gasteiger partial charge in [-0.1, -0.05) is 0 Å². The minimum absolute atomic E-state index is 0.0507. The van der Waals surface area contributed by atoms with Gasteiger partial charge >= 0.3 is 0 Å². The average Bonchev–Trinajstić information content (AvgIpc) is 3.32. The summed E-state index contributed by atoms with van der Waals surface area (Å²) in [5.74, 6) is -0.354. The lowest BCUT2D eigenvalue weighted by Crippen LogP contribution is -2.38. The van der Waals surface area contributed by atoms with Gasteiger partial charge in [-0.05, 0) is 44.4 Å². The van der Waals surface area contributed by atoms with E-state index in [1.54, 1.807) is 6.26 Å². The van der Waals surface area contributed by atoms with Gasteiger partial charge in [-0.25, -0.2) is 0 Å². The molecule has 0 aromatic carbocycles. The largest absolute Gasteiger partial charge is 0.349 e. The summed E-state index contributed by atoms with van der Waals surface area (Å²) < 4.78 is 0. The fraction of sp³-hybridized carbons (Fsp3) is 0.556. The number of pyridine rings is 1. The Morgan fingerprint density at radius 3 is 2.73 bits per heavy atom. The number of likely N-dealkylation sites (tertiary alicyclic amines) is 1. The van der Waals surface area contributed by atoms with Crippen molar-refractivity contribution in [1.82, 2.24) is 15.2 Å². The fourth-order valence-electron chi connectivity index (χ4n) is 3.72. The first-order valence-electron chi connectivity index (χ1n) is 8.84. The molecule has 0 unspecified atom stereocenters. The normalized spacial score (nSPS) is 22.2. The van der Waals surface area contributed by atoms with E-state index in [0.29, 0.717) is 11.4 Å². The number of amides is 2. The maximum absolute atomic E-state index is 12.5. The first-order valence-corrected chi connectivity index (χ1v) is 10.1. The van der Waals surface area contributed by atoms with E-state index in [2.05, 4.69) is 10.3 Å². The minimum Gasteiger partial charge on any atom is -0.349 e. The maximum atomic E-state index is 12.5. The lowest BCUT2D eigenvalue weighted by atomic mass is 10.1. The second-order valence-electron chi connectivity index (χ2n) is 6.78. The van der Waals surface area contributed by atoms with Crippen LogP contribution < -0.4 is 10.9 Å². The van der Waals surface area contributed by atoms with Gasteiger partial charge in [-0.15, -0.1) is 11.8 Å². The summed E-state index contributed by atoms with van der Waals surface area (Å²) >= 11 is 1.25. The molecule has 1 saturated heterocycles. The Hall–Kier alpha value is -2.27. The van der Waals surface area contributed by atoms with Gasteiger partial charge in [0.2, 0.25) is 5.91 Å². The highest BCUT2D eigenvalue weighted by atomic mass is 32.2. The van der Waals surface area contributed by atoms with E-state index >= 15 is 0 Å². The van der Waals surface area contributed by atoms with E-state index < -0.39 is 11.5 Å². The van der Waals surface area contributed by atoms with E-state index in [0.717, 1.165) is 38.8 Å². The molecule has 1 aromatic rings. The Kier molecular flexibility index (Phi) is 5.67. The summed E-state index contributed by atoms with van der Waals surface area (Å²) in [5.41, 5.74) is -0.294. The second kappa shape index (κ2) is 7.96. The van der Waals surface area contributed by atoms with Crippen molar-refractivity contribution in [1.29, 1.82) is 5.26 Å². The number of rotatable bonds is 4. The van der Waals surface area contributed by atoms with Gasteiger partial charge in [0, 0.05) is 25.0 Å². The summed E-state index contributed by atoms with van der Waals surface area (Å²) in [6.07, 6.45) is 5.96. The number of carbonyl (C=O) groups excluding carboxylic acids is 2. The van der Waals surface area contributed by atoms with E-state index in [-0.39, 0.29) is 29.0 Å². The van der Waals surface area contributed by atoms with Crippen molar-refractivity contribution in [3.8, 4) is 6.07 Å². The van der Waals surface area contributed by atoms with E-state index in [1.165, 1.54) is 17.8 Å². The molecule has 1 saturated carbocycles. The smallest absolute Gasteiger partial charge is 0.261 e. The van der Waals surface area contributed by atoms with Gasteiger partial charge in [0.05, 0.1) is 10.6 Å². The molecule has 2 amide bonds. The highest BCUT2D eigenvalue weighted by Gasteiger charge is 2.34. The lowest BCUT2D eigenvalue weighted by Gasteiger charge is -2.20. The van der Waals surface area contributed by atoms with Crippen molar-refractivity contribution >= 4 is 23.6 Å². The highest BCUT2D eigenvalue weighted by Crippen LogP contribution is 2.28. The molecule has 1 aromatic heterocycles. The molecule has 2 fully saturated rings. The van der Waals surface area contributed by atoms with Gasteiger partial charge in [-0.2, -0.15) is 5.26 Å². The topological polar surface area (TPSA) is 106 Å². The second-order valence-corrected chi connectivity index (χ2v) is 7.60. The SMILES string of the molecule is CSc1[nH]c(=O)c(C(=O)N[C@H]2CC[C@@H](C(=O)N3CCCC3)C2)cc1C#N. The van der Waals surface area contributed by atoms with Crippen molar-refractivity contribution in [3.63, 3.8) is 0 Å². The minimum atomic E-state index is -0.506. The zero-order valence-electron chi connectivity index (χ0n) is 14.7. The van der Waals surface area contributed by atoms with Gasteiger partial charge in [0.15, 0.2) is 0 Å². The first kappa shape index (κ1) is 18.5. The van der Waals surface area contributed by atoms with Crippen LogP contribution in [0.5, 0.6) is 0 Å². The molecule has 1 aliphatic heterocycles. The molecule has 1 aliphatic carbocycles. The van der Waals surface area contributed by atoms with Crippen LogP contribution in [0.25, 0.3) is 0 Å². The number of nitriles is 1. The number of nitrogens with zero attached hydrogens (tertiary/aromatic N) is 2. The molecule has 2 aliphatic rings. The van der Waals surface area contributed by atoms with Crippen LogP contribution in [-0.2, 0) is 4.79 Å². The number of thioether (sulfide) groups is 1. The molecule has 0 bridgehead atoms. The number of aromatic amines is 1. The van der Waals surface area contributed by atoms with E-state index in [1.807, 2.05) is 11.0 Å². The molecule has 3 rings (SSSR count). The fourth-order valence-corrected chi connectivity index (χ4v) is 4.24. The maximum Gasteiger partial charge on any atom is 0.261 e. The van der Waals surface area contributed by atoms with Crippen LogP contribution in [-0.4, -0.2) is 47.1 Å². The van der Waals surface area contributed by atoms with Crippen LogP contribution in [0.4, 0.5) is 0 Å². The number of carbonyl (C=O) groups is 2. The summed E-state index contributed by atoms with van der Waals surface area (Å²) in [4.78, 5) is 41.6. The molecule has 26 heavy (non-hydrogen) atoms. The van der Waals surface area contributed by atoms with Crippen molar-refractivity contribution < 1.29 is 9.59 Å². The molecule has 7 nitrogen and oxygen atoms in total. The Morgan fingerprint density at radius 2 is 2.08 bits per heavy atom. The Morgan fingerprint density at radius 1 is 1.35 bits per heavy atom. The number of aromatic nitrogens is 1. The van der Waals surface area contributed by atoms with Crippen LogP contribution in [0.1, 0.15) is 48.0 Å². The summed E-state index contributed by atoms with van der Waals surface area (Å²) in [6, 6.07) is 3.21. The third kappa shape index (κ3) is 3.78. The van der Waals surface area contributed by atoms with Crippen LogP contribution in [0.3, 0.4) is 0 Å². The van der Waals surface area contributed by atoms with Crippen LogP contribution in [0.15, 0.2) is 15.9 Å². The third-order valence-corrected chi connectivity index (χ3v) is 5.84. The summed E-state index contributed by atoms with van der Waals surface area (Å²) in [7, 11) is 0. The number of H-pyrrole nitrogens is 1. The molecular weight excluding hydrogens is 352 g/mol.